The topological polar surface area (TPSA) is 67.2 Å². The third kappa shape index (κ3) is 2.85. The summed E-state index contributed by atoms with van der Waals surface area (Å²) >= 11 is 0. The van der Waals surface area contributed by atoms with E-state index in [-0.39, 0.29) is 24.7 Å². The number of amides is 1. The molecule has 2 rings (SSSR count). The SMILES string of the molecule is Cc1nn(CC(=O)Nc2ccccc2F)c(C)c1CO. The van der Waals surface area contributed by atoms with Crippen LogP contribution in [0.4, 0.5) is 10.1 Å². The van der Waals surface area contributed by atoms with Gasteiger partial charge in [0.2, 0.25) is 5.91 Å². The van der Waals surface area contributed by atoms with Crippen molar-refractivity contribution in [2.45, 2.75) is 27.0 Å². The molecule has 106 valence electrons. The molecule has 5 nitrogen and oxygen atoms in total. The van der Waals surface area contributed by atoms with Gasteiger partial charge in [0.15, 0.2) is 0 Å². The van der Waals surface area contributed by atoms with E-state index in [0.717, 1.165) is 5.69 Å². The van der Waals surface area contributed by atoms with Crippen molar-refractivity contribution in [1.29, 1.82) is 0 Å². The van der Waals surface area contributed by atoms with Crippen LogP contribution in [-0.2, 0) is 17.9 Å². The summed E-state index contributed by atoms with van der Waals surface area (Å²) in [7, 11) is 0. The largest absolute Gasteiger partial charge is 0.392 e. The molecule has 0 bridgehead atoms. The van der Waals surface area contributed by atoms with Crippen molar-refractivity contribution in [3.63, 3.8) is 0 Å². The van der Waals surface area contributed by atoms with Crippen molar-refractivity contribution in [2.24, 2.45) is 0 Å². The number of aryl methyl sites for hydroxylation is 1. The monoisotopic (exact) mass is 277 g/mol. The highest BCUT2D eigenvalue weighted by Crippen LogP contribution is 2.14. The number of hydrogen-bond acceptors (Lipinski definition) is 3. The first-order valence-electron chi connectivity index (χ1n) is 6.21. The van der Waals surface area contributed by atoms with Gasteiger partial charge in [0, 0.05) is 11.3 Å². The summed E-state index contributed by atoms with van der Waals surface area (Å²) in [4.78, 5) is 11.9. The maximum atomic E-state index is 13.4. The van der Waals surface area contributed by atoms with Crippen molar-refractivity contribution in [2.75, 3.05) is 5.32 Å². The molecule has 0 aliphatic carbocycles. The second-order valence-electron chi connectivity index (χ2n) is 4.49. The van der Waals surface area contributed by atoms with Gasteiger partial charge in [-0.2, -0.15) is 5.10 Å². The molecule has 0 atom stereocenters. The Labute approximate surface area is 116 Å². The molecule has 0 fully saturated rings. The summed E-state index contributed by atoms with van der Waals surface area (Å²) in [5.41, 5.74) is 2.27. The van der Waals surface area contributed by atoms with Crippen LogP contribution in [0.2, 0.25) is 0 Å². The second-order valence-corrected chi connectivity index (χ2v) is 4.49. The fourth-order valence-corrected chi connectivity index (χ4v) is 2.01. The first-order valence-corrected chi connectivity index (χ1v) is 6.21. The second kappa shape index (κ2) is 5.83. The average molecular weight is 277 g/mol. The highest BCUT2D eigenvalue weighted by Gasteiger charge is 2.13. The molecule has 0 radical (unpaired) electrons. The number of aromatic nitrogens is 2. The van der Waals surface area contributed by atoms with E-state index < -0.39 is 5.82 Å². The molecule has 0 aliphatic rings. The number of benzene rings is 1. The number of halogens is 1. The van der Waals surface area contributed by atoms with E-state index in [9.17, 15) is 14.3 Å². The zero-order valence-corrected chi connectivity index (χ0v) is 11.4. The Bertz CT molecular complexity index is 637. The lowest BCUT2D eigenvalue weighted by Crippen LogP contribution is -2.21. The first kappa shape index (κ1) is 14.2. The Morgan fingerprint density at radius 1 is 1.40 bits per heavy atom. The molecule has 0 saturated carbocycles. The number of aliphatic hydroxyl groups is 1. The van der Waals surface area contributed by atoms with E-state index in [4.69, 9.17) is 0 Å². The highest BCUT2D eigenvalue weighted by molar-refractivity contribution is 5.90. The van der Waals surface area contributed by atoms with Crippen LogP contribution in [0.3, 0.4) is 0 Å². The minimum atomic E-state index is -0.481. The third-order valence-electron chi connectivity index (χ3n) is 3.13. The van der Waals surface area contributed by atoms with E-state index in [1.54, 1.807) is 26.0 Å². The van der Waals surface area contributed by atoms with Gasteiger partial charge in [-0.05, 0) is 26.0 Å². The van der Waals surface area contributed by atoms with Gasteiger partial charge in [-0.15, -0.1) is 0 Å². The number of carbonyl (C=O) groups is 1. The lowest BCUT2D eigenvalue weighted by molar-refractivity contribution is -0.117. The number of rotatable bonds is 4. The summed E-state index contributed by atoms with van der Waals surface area (Å²) in [5.74, 6) is -0.851. The van der Waals surface area contributed by atoms with Gasteiger partial charge in [-0.3, -0.25) is 9.48 Å². The summed E-state index contributed by atoms with van der Waals surface area (Å²) in [6, 6.07) is 5.97. The van der Waals surface area contributed by atoms with Gasteiger partial charge < -0.3 is 10.4 Å². The van der Waals surface area contributed by atoms with Crippen molar-refractivity contribution in [1.82, 2.24) is 9.78 Å². The molecule has 1 aromatic heterocycles. The van der Waals surface area contributed by atoms with Crippen LogP contribution in [0.1, 0.15) is 17.0 Å². The molecule has 1 heterocycles. The maximum absolute atomic E-state index is 13.4. The van der Waals surface area contributed by atoms with Gasteiger partial charge >= 0.3 is 0 Å². The number of para-hydroxylation sites is 1. The molecule has 0 unspecified atom stereocenters. The molecule has 1 aromatic carbocycles. The molecule has 0 aliphatic heterocycles. The van der Waals surface area contributed by atoms with Crippen LogP contribution in [0.15, 0.2) is 24.3 Å². The fourth-order valence-electron chi connectivity index (χ4n) is 2.01. The fraction of sp³-hybridized carbons (Fsp3) is 0.286. The molecule has 2 N–H and O–H groups in total. The summed E-state index contributed by atoms with van der Waals surface area (Å²) in [5, 5.41) is 15.9. The van der Waals surface area contributed by atoms with E-state index in [1.165, 1.54) is 16.8 Å². The Hall–Kier alpha value is -2.21. The quantitative estimate of drug-likeness (QED) is 0.895. The standard InChI is InChI=1S/C14H16FN3O2/c1-9-11(8-19)10(2)18(17-9)7-14(20)16-13-6-4-3-5-12(13)15/h3-6,19H,7-8H2,1-2H3,(H,16,20). The first-order chi connectivity index (χ1) is 9.52. The van der Waals surface area contributed by atoms with Crippen molar-refractivity contribution in [3.8, 4) is 0 Å². The number of aliphatic hydroxyl groups excluding tert-OH is 1. The summed E-state index contributed by atoms with van der Waals surface area (Å²) in [6.45, 7) is 3.40. The van der Waals surface area contributed by atoms with Gasteiger partial charge in [0.25, 0.3) is 0 Å². The number of anilines is 1. The lowest BCUT2D eigenvalue weighted by atomic mass is 10.2. The predicted octanol–water partition coefficient (Wildman–Crippen LogP) is 1.77. The van der Waals surface area contributed by atoms with E-state index >= 15 is 0 Å². The van der Waals surface area contributed by atoms with Crippen molar-refractivity contribution < 1.29 is 14.3 Å². The summed E-state index contributed by atoms with van der Waals surface area (Å²) in [6.07, 6.45) is 0. The van der Waals surface area contributed by atoms with Crippen molar-refractivity contribution >= 4 is 11.6 Å². The van der Waals surface area contributed by atoms with E-state index in [1.807, 2.05) is 0 Å². The minimum absolute atomic E-state index is 0.0268. The zero-order valence-electron chi connectivity index (χ0n) is 11.4. The lowest BCUT2D eigenvalue weighted by Gasteiger charge is -2.07. The van der Waals surface area contributed by atoms with Gasteiger partial charge in [0.1, 0.15) is 12.4 Å². The number of carbonyl (C=O) groups excluding carboxylic acids is 1. The number of nitrogens with one attached hydrogen (secondary N) is 1. The molecule has 2 aromatic rings. The minimum Gasteiger partial charge on any atom is -0.392 e. The third-order valence-corrected chi connectivity index (χ3v) is 3.13. The zero-order chi connectivity index (χ0) is 14.7. The van der Waals surface area contributed by atoms with Crippen LogP contribution in [0.25, 0.3) is 0 Å². The van der Waals surface area contributed by atoms with Crippen LogP contribution in [0.5, 0.6) is 0 Å². The molecule has 6 heteroatoms. The molecule has 0 spiro atoms. The Morgan fingerprint density at radius 2 is 2.10 bits per heavy atom. The van der Waals surface area contributed by atoms with Crippen LogP contribution >= 0.6 is 0 Å². The van der Waals surface area contributed by atoms with Crippen LogP contribution in [0, 0.1) is 19.7 Å². The van der Waals surface area contributed by atoms with Gasteiger partial charge in [0.05, 0.1) is 18.0 Å². The molecule has 1 amide bonds. The molecule has 0 saturated heterocycles. The molecular formula is C14H16FN3O2. The number of nitrogens with zero attached hydrogens (tertiary/aromatic N) is 2. The summed E-state index contributed by atoms with van der Waals surface area (Å²) < 4.78 is 14.9. The maximum Gasteiger partial charge on any atom is 0.246 e. The van der Waals surface area contributed by atoms with Crippen LogP contribution < -0.4 is 5.32 Å². The Kier molecular flexibility index (Phi) is 4.14. The smallest absolute Gasteiger partial charge is 0.246 e. The van der Waals surface area contributed by atoms with Gasteiger partial charge in [-0.1, -0.05) is 12.1 Å². The van der Waals surface area contributed by atoms with E-state index in [0.29, 0.717) is 11.3 Å². The highest BCUT2D eigenvalue weighted by atomic mass is 19.1. The normalized spacial score (nSPS) is 10.6. The molecule has 20 heavy (non-hydrogen) atoms. The Balaban J connectivity index is 2.11. The average Bonchev–Trinajstić information content (AvgIpc) is 2.67. The predicted molar refractivity (Wildman–Crippen MR) is 72.7 cm³/mol. The van der Waals surface area contributed by atoms with E-state index in [2.05, 4.69) is 10.4 Å². The number of hydrogen-bond donors (Lipinski definition) is 2. The van der Waals surface area contributed by atoms with Crippen LogP contribution in [-0.4, -0.2) is 20.8 Å². The Morgan fingerprint density at radius 3 is 2.70 bits per heavy atom. The molecular weight excluding hydrogens is 261 g/mol. The van der Waals surface area contributed by atoms with Gasteiger partial charge in [-0.25, -0.2) is 4.39 Å². The van der Waals surface area contributed by atoms with Crippen molar-refractivity contribution in [3.05, 3.63) is 47.0 Å².